The summed E-state index contributed by atoms with van der Waals surface area (Å²) >= 11 is 1.66. The first-order chi connectivity index (χ1) is 14.3. The van der Waals surface area contributed by atoms with Crippen LogP contribution in [-0.4, -0.2) is 58.1 Å². The summed E-state index contributed by atoms with van der Waals surface area (Å²) in [4.78, 5) is 36.9. The number of benzene rings is 1. The van der Waals surface area contributed by atoms with Gasteiger partial charge in [-0.25, -0.2) is 9.59 Å². The van der Waals surface area contributed by atoms with Gasteiger partial charge in [0, 0.05) is 35.7 Å². The second kappa shape index (κ2) is 11.5. The molecule has 1 aromatic heterocycles. The third-order valence-electron chi connectivity index (χ3n) is 4.99. The molecule has 0 aliphatic carbocycles. The fourth-order valence-electron chi connectivity index (χ4n) is 3.45. The Balaban J connectivity index is 0.000000469. The van der Waals surface area contributed by atoms with Crippen LogP contribution < -0.4 is 4.90 Å². The number of piperidine rings is 1. The van der Waals surface area contributed by atoms with Crippen molar-refractivity contribution in [3.63, 3.8) is 0 Å². The second-order valence-corrected chi connectivity index (χ2v) is 8.36. The highest BCUT2D eigenvalue weighted by molar-refractivity contribution is 7.10. The van der Waals surface area contributed by atoms with E-state index in [2.05, 4.69) is 35.8 Å². The number of thiophene rings is 1. The van der Waals surface area contributed by atoms with Gasteiger partial charge >= 0.3 is 11.9 Å². The highest BCUT2D eigenvalue weighted by Crippen LogP contribution is 2.26. The minimum Gasteiger partial charge on any atom is -0.473 e. The molecule has 0 saturated carbocycles. The zero-order valence-corrected chi connectivity index (χ0v) is 18.0. The molecule has 2 aromatic rings. The largest absolute Gasteiger partial charge is 0.473 e. The molecule has 1 aromatic carbocycles. The van der Waals surface area contributed by atoms with Crippen LogP contribution in [0.25, 0.3) is 0 Å². The van der Waals surface area contributed by atoms with Crippen LogP contribution >= 0.6 is 11.3 Å². The van der Waals surface area contributed by atoms with E-state index in [0.29, 0.717) is 18.5 Å². The zero-order chi connectivity index (χ0) is 22.1. The van der Waals surface area contributed by atoms with E-state index in [0.717, 1.165) is 36.5 Å². The lowest BCUT2D eigenvalue weighted by atomic mass is 10.0. The van der Waals surface area contributed by atoms with E-state index in [-0.39, 0.29) is 5.91 Å². The van der Waals surface area contributed by atoms with Crippen molar-refractivity contribution < 1.29 is 24.6 Å². The second-order valence-electron chi connectivity index (χ2n) is 7.33. The molecule has 1 aliphatic heterocycles. The molecule has 1 saturated heterocycles. The molecule has 0 unspecified atom stereocenters. The van der Waals surface area contributed by atoms with Gasteiger partial charge < -0.3 is 20.0 Å². The summed E-state index contributed by atoms with van der Waals surface area (Å²) in [6, 6.07) is 15.1. The summed E-state index contributed by atoms with van der Waals surface area (Å²) in [6.45, 7) is 6.63. The Morgan fingerprint density at radius 2 is 1.63 bits per heavy atom. The Labute approximate surface area is 180 Å². The number of aliphatic carboxylic acids is 2. The maximum atomic E-state index is 13.0. The molecule has 3 rings (SSSR count). The van der Waals surface area contributed by atoms with Crippen LogP contribution in [0.5, 0.6) is 0 Å². The normalized spacial score (nSPS) is 14.6. The molecule has 1 amide bonds. The molecule has 162 valence electrons. The van der Waals surface area contributed by atoms with Crippen LogP contribution in [0.2, 0.25) is 0 Å². The fourth-order valence-corrected chi connectivity index (χ4v) is 4.15. The van der Waals surface area contributed by atoms with Gasteiger partial charge in [-0.2, -0.15) is 0 Å². The van der Waals surface area contributed by atoms with Crippen molar-refractivity contribution in [3.8, 4) is 0 Å². The number of nitrogens with zero attached hydrogens (tertiary/aromatic N) is 2. The molecule has 1 fully saturated rings. The highest BCUT2D eigenvalue weighted by atomic mass is 32.1. The van der Waals surface area contributed by atoms with Crippen molar-refractivity contribution in [1.82, 2.24) is 4.90 Å². The van der Waals surface area contributed by atoms with E-state index in [1.165, 1.54) is 0 Å². The van der Waals surface area contributed by atoms with Gasteiger partial charge in [-0.1, -0.05) is 24.3 Å². The van der Waals surface area contributed by atoms with E-state index >= 15 is 0 Å². The van der Waals surface area contributed by atoms with Gasteiger partial charge in [-0.3, -0.25) is 4.79 Å². The lowest BCUT2D eigenvalue weighted by molar-refractivity contribution is -0.159. The molecular formula is C22H28N2O5S. The molecule has 0 spiro atoms. The lowest BCUT2D eigenvalue weighted by Gasteiger charge is -2.40. The van der Waals surface area contributed by atoms with Gasteiger partial charge in [0.05, 0.1) is 6.42 Å². The van der Waals surface area contributed by atoms with E-state index < -0.39 is 11.9 Å². The highest BCUT2D eigenvalue weighted by Gasteiger charge is 2.29. The number of anilines is 1. The number of rotatable bonds is 5. The first kappa shape index (κ1) is 23.6. The number of carbonyl (C=O) groups is 3. The summed E-state index contributed by atoms with van der Waals surface area (Å²) in [5.41, 5.74) is 1.03. The van der Waals surface area contributed by atoms with Crippen molar-refractivity contribution in [1.29, 1.82) is 0 Å². The van der Waals surface area contributed by atoms with E-state index in [1.54, 1.807) is 11.3 Å². The van der Waals surface area contributed by atoms with Gasteiger partial charge in [0.25, 0.3) is 0 Å². The first-order valence-corrected chi connectivity index (χ1v) is 10.8. The fraction of sp³-hybridized carbons (Fsp3) is 0.409. The maximum Gasteiger partial charge on any atom is 0.414 e. The number of hydrogen-bond acceptors (Lipinski definition) is 5. The van der Waals surface area contributed by atoms with Crippen molar-refractivity contribution in [2.75, 3.05) is 18.0 Å². The van der Waals surface area contributed by atoms with Crippen LogP contribution in [0, 0.1) is 0 Å². The van der Waals surface area contributed by atoms with Crippen molar-refractivity contribution in [3.05, 3.63) is 52.7 Å². The first-order valence-electron chi connectivity index (χ1n) is 9.89. The molecule has 0 bridgehead atoms. The molecule has 2 heterocycles. The molecule has 1 aliphatic rings. The Hall–Kier alpha value is -2.71. The zero-order valence-electron chi connectivity index (χ0n) is 17.2. The minimum atomic E-state index is -1.82. The van der Waals surface area contributed by atoms with Crippen LogP contribution in [-0.2, 0) is 20.8 Å². The van der Waals surface area contributed by atoms with Crippen molar-refractivity contribution >= 4 is 34.9 Å². The molecule has 0 radical (unpaired) electrons. The van der Waals surface area contributed by atoms with Gasteiger partial charge in [0.2, 0.25) is 5.91 Å². The Bertz CT molecular complexity index is 803. The van der Waals surface area contributed by atoms with Gasteiger partial charge in [-0.05, 0) is 50.3 Å². The van der Waals surface area contributed by atoms with E-state index in [4.69, 9.17) is 19.8 Å². The number of carboxylic acids is 2. The topological polar surface area (TPSA) is 98.2 Å². The summed E-state index contributed by atoms with van der Waals surface area (Å²) < 4.78 is 0. The molecule has 8 heteroatoms. The molecule has 2 N–H and O–H groups in total. The average molecular weight is 433 g/mol. The van der Waals surface area contributed by atoms with Crippen molar-refractivity contribution in [2.45, 2.75) is 45.2 Å². The monoisotopic (exact) mass is 432 g/mol. The lowest BCUT2D eigenvalue weighted by Crippen LogP contribution is -2.49. The van der Waals surface area contributed by atoms with Crippen molar-refractivity contribution in [2.24, 2.45) is 0 Å². The van der Waals surface area contributed by atoms with Crippen LogP contribution in [0.3, 0.4) is 0 Å². The molecule has 30 heavy (non-hydrogen) atoms. The molecule has 7 nitrogen and oxygen atoms in total. The van der Waals surface area contributed by atoms with Gasteiger partial charge in [0.1, 0.15) is 0 Å². The molecule has 0 atom stereocenters. The summed E-state index contributed by atoms with van der Waals surface area (Å²) in [7, 11) is 0. The summed E-state index contributed by atoms with van der Waals surface area (Å²) in [5, 5.41) is 16.8. The quantitative estimate of drug-likeness (QED) is 0.703. The molecular weight excluding hydrogens is 404 g/mol. The van der Waals surface area contributed by atoms with E-state index in [9.17, 15) is 4.79 Å². The number of para-hydroxylation sites is 1. The average Bonchev–Trinajstić information content (AvgIpc) is 3.23. The minimum absolute atomic E-state index is 0.214. The SMILES string of the molecule is CC(C)N1CCC(N(C(=O)Cc2cccs2)c2ccccc2)CC1.O=C(O)C(=O)O. The number of carboxylic acid groups (broad SMARTS) is 2. The number of hydrogen-bond donors (Lipinski definition) is 2. The third-order valence-corrected chi connectivity index (χ3v) is 5.86. The third kappa shape index (κ3) is 6.96. The van der Waals surface area contributed by atoms with Crippen LogP contribution in [0.4, 0.5) is 5.69 Å². The Morgan fingerprint density at radius 1 is 1.03 bits per heavy atom. The maximum absolute atomic E-state index is 13.0. The summed E-state index contributed by atoms with van der Waals surface area (Å²) in [6.07, 6.45) is 2.59. The van der Waals surface area contributed by atoms with Crippen LogP contribution in [0.15, 0.2) is 47.8 Å². The van der Waals surface area contributed by atoms with Gasteiger partial charge in [-0.15, -0.1) is 11.3 Å². The standard InChI is InChI=1S/C20H26N2OS.C2H2O4/c1-16(2)21-12-10-18(11-13-21)22(17-7-4-3-5-8-17)20(23)15-19-9-6-14-24-19;3-1(4)2(5)6/h3-9,14,16,18H,10-13,15H2,1-2H3;(H,3,4)(H,5,6). The smallest absolute Gasteiger partial charge is 0.414 e. The number of carbonyl (C=O) groups excluding carboxylic acids is 1. The predicted molar refractivity (Wildman–Crippen MR) is 117 cm³/mol. The van der Waals surface area contributed by atoms with Crippen LogP contribution in [0.1, 0.15) is 31.6 Å². The summed E-state index contributed by atoms with van der Waals surface area (Å²) in [5.74, 6) is -3.43. The Morgan fingerprint density at radius 3 is 2.10 bits per heavy atom. The Kier molecular flexibility index (Phi) is 9.01. The van der Waals surface area contributed by atoms with E-state index in [1.807, 2.05) is 35.7 Å². The predicted octanol–water partition coefficient (Wildman–Crippen LogP) is 3.35. The number of likely N-dealkylation sites (tertiary alicyclic amines) is 1. The number of amides is 1. The van der Waals surface area contributed by atoms with Gasteiger partial charge in [0.15, 0.2) is 0 Å².